The van der Waals surface area contributed by atoms with Gasteiger partial charge in [0.1, 0.15) is 30.5 Å². The summed E-state index contributed by atoms with van der Waals surface area (Å²) >= 11 is 6.46. The Morgan fingerprint density at radius 3 is 2.22 bits per heavy atom. The highest BCUT2D eigenvalue weighted by Gasteiger charge is 2.62. The monoisotopic (exact) mass is 911 g/mol. The van der Waals surface area contributed by atoms with Crippen LogP contribution in [0.15, 0.2) is 42.0 Å². The Labute approximate surface area is 384 Å². The summed E-state index contributed by atoms with van der Waals surface area (Å²) in [7, 11) is 9.04. The van der Waals surface area contributed by atoms with Crippen LogP contribution in [-0.2, 0) is 57.0 Å². The summed E-state index contributed by atoms with van der Waals surface area (Å²) in [6.07, 6.45) is 5.56. The van der Waals surface area contributed by atoms with Crippen molar-refractivity contribution in [2.75, 3.05) is 35.4 Å². The SMILES string of the molecule is CC[C@H]1CCC[C@H](O[C@H]2CC[C@H](N(C)C)[C@@H](C)O2)[C@@H](C)C(=O)C2=C[C@H]3[C@@H]4C[C@H](O[C@@H]5O[C@@H](C)[C@H](OC)[C@@H](OC)[C@H]5OC)C[C@H]4C4C=C(c5cccc(Cl)c5)C(=O)OC4[C@H]3[C@@H]2CC(=O)O1. The van der Waals surface area contributed by atoms with Crippen molar-refractivity contribution in [2.24, 2.45) is 41.4 Å². The fourth-order valence-electron chi connectivity index (χ4n) is 12.7. The molecule has 8 rings (SSSR count). The molecule has 0 bridgehead atoms. The molecule has 0 radical (unpaired) electrons. The molecule has 1 aromatic rings. The molecule has 4 heterocycles. The van der Waals surface area contributed by atoms with Gasteiger partial charge in [0.2, 0.25) is 0 Å². The van der Waals surface area contributed by atoms with E-state index >= 15 is 4.79 Å². The summed E-state index contributed by atoms with van der Waals surface area (Å²) in [6.45, 7) is 8.03. The number of rotatable bonds is 10. The van der Waals surface area contributed by atoms with Crippen molar-refractivity contribution in [3.8, 4) is 0 Å². The summed E-state index contributed by atoms with van der Waals surface area (Å²) in [6, 6.07) is 7.54. The second-order valence-corrected chi connectivity index (χ2v) is 20.1. The van der Waals surface area contributed by atoms with Crippen molar-refractivity contribution in [3.05, 3.63) is 52.6 Å². The van der Waals surface area contributed by atoms with Gasteiger partial charge in [0.25, 0.3) is 0 Å². The maximum absolute atomic E-state index is 15.2. The largest absolute Gasteiger partial charge is 0.462 e. The van der Waals surface area contributed by atoms with Crippen LogP contribution in [0.1, 0.15) is 91.0 Å². The number of allylic oxidation sites excluding steroid dienone is 2. The number of Topliss-reactive ketones (excluding diaryl/α,β-unsaturated/α-hetero) is 1. The van der Waals surface area contributed by atoms with Crippen LogP contribution >= 0.6 is 11.6 Å². The summed E-state index contributed by atoms with van der Waals surface area (Å²) in [5.41, 5.74) is 1.74. The third-order valence-electron chi connectivity index (χ3n) is 15.9. The third-order valence-corrected chi connectivity index (χ3v) is 16.1. The van der Waals surface area contributed by atoms with Gasteiger partial charge in [-0.15, -0.1) is 0 Å². The number of nitrogens with zero attached hydrogens (tertiary/aromatic N) is 1. The average molecular weight is 913 g/mol. The van der Waals surface area contributed by atoms with E-state index in [1.165, 1.54) is 0 Å². The van der Waals surface area contributed by atoms with Crippen LogP contribution in [0.2, 0.25) is 5.02 Å². The summed E-state index contributed by atoms with van der Waals surface area (Å²) in [5.74, 6) is -2.57. The first-order valence-corrected chi connectivity index (χ1v) is 24.1. The fourth-order valence-corrected chi connectivity index (χ4v) is 12.9. The van der Waals surface area contributed by atoms with Gasteiger partial charge in [0.05, 0.1) is 36.4 Å². The summed E-state index contributed by atoms with van der Waals surface area (Å²) in [4.78, 5) is 45.7. The van der Waals surface area contributed by atoms with Gasteiger partial charge in [-0.05, 0) is 120 Å². The van der Waals surface area contributed by atoms with E-state index < -0.39 is 54.8 Å². The molecule has 7 aliphatic rings. The van der Waals surface area contributed by atoms with Crippen molar-refractivity contribution in [1.82, 2.24) is 4.90 Å². The molecule has 3 saturated heterocycles. The second-order valence-electron chi connectivity index (χ2n) is 19.7. The number of hydrogen-bond acceptors (Lipinski definition) is 13. The maximum atomic E-state index is 15.2. The molecule has 13 nitrogen and oxygen atoms in total. The molecule has 354 valence electrons. The van der Waals surface area contributed by atoms with E-state index in [1.807, 2.05) is 32.9 Å². The Bertz CT molecular complexity index is 1910. The lowest BCUT2D eigenvalue weighted by atomic mass is 9.59. The number of halogens is 1. The topological polar surface area (TPSA) is 138 Å². The van der Waals surface area contributed by atoms with Crippen LogP contribution < -0.4 is 0 Å². The van der Waals surface area contributed by atoms with Gasteiger partial charge in [-0.1, -0.05) is 49.7 Å². The number of carbonyl (C=O) groups is 3. The standard InChI is InChI=1S/C50H70ClNO12/c1-10-30-15-12-16-40(63-42-18-17-39(52(5)6)26(3)59-42)25(2)44(54)37-23-35-33-20-31(62-50-48(58-9)47(57-8)45(56-7)27(4)60-50)21-34(33)38-22-32(28-13-11-14-29(51)19-28)49(55)64-46(38)43(35)36(37)24-41(53)61-30/h11,13-14,19,22-23,25-27,30-31,33-36,38-40,42-43,45-48,50H,10,12,15-18,20-21,24H2,1-9H3/t25-,26-,27+,30+,31+,33-,34-,35+,36-,38?,39+,40+,42+,43-,45+,46?,47-,48-,50+/m1/s1. The molecule has 2 saturated carbocycles. The minimum Gasteiger partial charge on any atom is -0.462 e. The Balaban J connectivity index is 1.14. The van der Waals surface area contributed by atoms with E-state index in [4.69, 9.17) is 54.2 Å². The number of fused-ring (bicyclic) bond motifs is 8. The van der Waals surface area contributed by atoms with Gasteiger partial charge in [0, 0.05) is 56.1 Å². The number of ether oxygens (including phenoxy) is 9. The van der Waals surface area contributed by atoms with Gasteiger partial charge in [-0.2, -0.15) is 0 Å². The number of likely N-dealkylation sites (N-methyl/N-ethyl adjacent to an activating group) is 1. The molecule has 19 atom stereocenters. The molecule has 0 amide bonds. The summed E-state index contributed by atoms with van der Waals surface area (Å²) in [5, 5.41) is 0.516. The zero-order chi connectivity index (χ0) is 45.6. The molecule has 0 N–H and O–H groups in total. The minimum absolute atomic E-state index is 0.00794. The number of carbonyl (C=O) groups excluding carboxylic acids is 3. The Hall–Kier alpha value is -2.72. The normalized spacial score (nSPS) is 42.8. The first-order valence-electron chi connectivity index (χ1n) is 23.8. The predicted octanol–water partition coefficient (Wildman–Crippen LogP) is 7.21. The zero-order valence-electron chi connectivity index (χ0n) is 39.0. The van der Waals surface area contributed by atoms with E-state index in [0.717, 1.165) is 19.3 Å². The lowest BCUT2D eigenvalue weighted by molar-refractivity contribution is -0.314. The highest BCUT2D eigenvalue weighted by Crippen LogP contribution is 2.61. The molecule has 5 fully saturated rings. The number of esters is 2. The average Bonchev–Trinajstić information content (AvgIpc) is 3.86. The maximum Gasteiger partial charge on any atom is 0.338 e. The Morgan fingerprint density at radius 1 is 0.812 bits per heavy atom. The number of benzene rings is 1. The highest BCUT2D eigenvalue weighted by atomic mass is 35.5. The minimum atomic E-state index is -0.725. The molecule has 64 heavy (non-hydrogen) atoms. The number of methoxy groups -OCH3 is 3. The van der Waals surface area contributed by atoms with E-state index in [0.29, 0.717) is 53.8 Å². The molecule has 2 unspecified atom stereocenters. The van der Waals surface area contributed by atoms with Crippen molar-refractivity contribution in [2.45, 2.75) is 159 Å². The lowest BCUT2D eigenvalue weighted by Crippen LogP contribution is -2.59. The fraction of sp³-hybridized carbons (Fsp3) is 0.740. The third kappa shape index (κ3) is 9.41. The molecule has 4 aliphatic heterocycles. The number of hydrogen-bond donors (Lipinski definition) is 0. The van der Waals surface area contributed by atoms with Crippen LogP contribution in [0.25, 0.3) is 5.57 Å². The smallest absolute Gasteiger partial charge is 0.338 e. The first-order chi connectivity index (χ1) is 30.7. The van der Waals surface area contributed by atoms with Crippen molar-refractivity contribution < 1.29 is 57.0 Å². The summed E-state index contributed by atoms with van der Waals surface area (Å²) < 4.78 is 57.1. The highest BCUT2D eigenvalue weighted by molar-refractivity contribution is 6.31. The van der Waals surface area contributed by atoms with Crippen LogP contribution in [0.4, 0.5) is 0 Å². The van der Waals surface area contributed by atoms with Crippen LogP contribution in [-0.4, -0.2) is 132 Å². The lowest BCUT2D eigenvalue weighted by Gasteiger charge is -2.49. The number of cyclic esters (lactones) is 1. The molecule has 14 heteroatoms. The van der Waals surface area contributed by atoms with Gasteiger partial charge in [-0.3, -0.25) is 9.59 Å². The quantitative estimate of drug-likeness (QED) is 0.219. The molecular formula is C50H70ClNO12. The van der Waals surface area contributed by atoms with Crippen LogP contribution in [0.3, 0.4) is 0 Å². The van der Waals surface area contributed by atoms with E-state index in [-0.39, 0.29) is 84.3 Å². The van der Waals surface area contributed by atoms with Crippen molar-refractivity contribution in [1.29, 1.82) is 0 Å². The molecule has 1 aromatic carbocycles. The Morgan fingerprint density at radius 2 is 1.55 bits per heavy atom. The first kappa shape index (κ1) is 47.8. The van der Waals surface area contributed by atoms with E-state index in [9.17, 15) is 9.59 Å². The van der Waals surface area contributed by atoms with E-state index in [1.54, 1.807) is 33.5 Å². The van der Waals surface area contributed by atoms with Crippen molar-refractivity contribution >= 4 is 34.9 Å². The van der Waals surface area contributed by atoms with Gasteiger partial charge in [-0.25, -0.2) is 4.79 Å². The van der Waals surface area contributed by atoms with Gasteiger partial charge >= 0.3 is 11.9 Å². The predicted molar refractivity (Wildman–Crippen MR) is 238 cm³/mol. The van der Waals surface area contributed by atoms with Gasteiger partial charge in [0.15, 0.2) is 18.4 Å². The Kier molecular flexibility index (Phi) is 15.1. The molecule has 0 spiro atoms. The van der Waals surface area contributed by atoms with Crippen LogP contribution in [0.5, 0.6) is 0 Å². The zero-order valence-corrected chi connectivity index (χ0v) is 39.8. The number of ketones is 1. The van der Waals surface area contributed by atoms with Crippen molar-refractivity contribution in [3.63, 3.8) is 0 Å². The molecule has 0 aromatic heterocycles. The van der Waals surface area contributed by atoms with E-state index in [2.05, 4.69) is 38.1 Å². The second kappa shape index (κ2) is 20.2. The van der Waals surface area contributed by atoms with Crippen LogP contribution in [0, 0.1) is 41.4 Å². The molecular weight excluding hydrogens is 842 g/mol. The molecule has 3 aliphatic carbocycles. The van der Waals surface area contributed by atoms with Gasteiger partial charge < -0.3 is 47.5 Å².